The monoisotopic (exact) mass is 294 g/mol. The van der Waals surface area contributed by atoms with Crippen LogP contribution in [0.2, 0.25) is 0 Å². The molecule has 1 aromatic carbocycles. The van der Waals surface area contributed by atoms with E-state index in [-0.39, 0.29) is 17.8 Å². The van der Waals surface area contributed by atoms with Gasteiger partial charge in [-0.15, -0.1) is 11.3 Å². The van der Waals surface area contributed by atoms with E-state index in [0.29, 0.717) is 18.0 Å². The second-order valence-electron chi connectivity index (χ2n) is 4.70. The molecule has 1 saturated heterocycles. The first-order valence-electron chi connectivity index (χ1n) is 6.52. The van der Waals surface area contributed by atoms with Crippen LogP contribution >= 0.6 is 11.3 Å². The van der Waals surface area contributed by atoms with E-state index in [4.69, 9.17) is 4.74 Å². The highest BCUT2D eigenvalue weighted by Gasteiger charge is 2.16. The smallest absolute Gasteiger partial charge is 0.261 e. The highest BCUT2D eigenvalue weighted by Crippen LogP contribution is 2.26. The standard InChI is InChI=1S/C14H15FN2O2S/c15-10-2-1-9-5-13(20-12(9)6-10)14(18)17-8-11-7-16-3-4-19-11/h1-2,5-6,11,16H,3-4,7-8H2,(H,17,18). The molecule has 2 aromatic rings. The van der Waals surface area contributed by atoms with E-state index in [2.05, 4.69) is 10.6 Å². The summed E-state index contributed by atoms with van der Waals surface area (Å²) in [5.74, 6) is -0.422. The van der Waals surface area contributed by atoms with Crippen LogP contribution in [0.4, 0.5) is 4.39 Å². The minimum Gasteiger partial charge on any atom is -0.374 e. The van der Waals surface area contributed by atoms with Crippen molar-refractivity contribution in [1.82, 2.24) is 10.6 Å². The number of nitrogens with one attached hydrogen (secondary N) is 2. The summed E-state index contributed by atoms with van der Waals surface area (Å²) in [6, 6.07) is 6.32. The van der Waals surface area contributed by atoms with E-state index in [0.717, 1.165) is 23.2 Å². The molecule has 0 bridgehead atoms. The van der Waals surface area contributed by atoms with E-state index in [9.17, 15) is 9.18 Å². The highest BCUT2D eigenvalue weighted by atomic mass is 32.1. The van der Waals surface area contributed by atoms with Gasteiger partial charge in [0.25, 0.3) is 5.91 Å². The third kappa shape index (κ3) is 2.98. The number of benzene rings is 1. The van der Waals surface area contributed by atoms with Crippen molar-refractivity contribution < 1.29 is 13.9 Å². The van der Waals surface area contributed by atoms with Crippen molar-refractivity contribution in [1.29, 1.82) is 0 Å². The van der Waals surface area contributed by atoms with Crippen molar-refractivity contribution in [2.75, 3.05) is 26.2 Å². The fraction of sp³-hybridized carbons (Fsp3) is 0.357. The summed E-state index contributed by atoms with van der Waals surface area (Å²) in [5.41, 5.74) is 0. The van der Waals surface area contributed by atoms with Crippen LogP contribution in [-0.4, -0.2) is 38.3 Å². The van der Waals surface area contributed by atoms with Gasteiger partial charge < -0.3 is 15.4 Å². The van der Waals surface area contributed by atoms with Gasteiger partial charge in [-0.1, -0.05) is 6.07 Å². The van der Waals surface area contributed by atoms with Crippen molar-refractivity contribution in [2.45, 2.75) is 6.10 Å². The Bertz CT molecular complexity index is 623. The van der Waals surface area contributed by atoms with Gasteiger partial charge in [-0.3, -0.25) is 4.79 Å². The number of fused-ring (bicyclic) bond motifs is 1. The molecule has 0 saturated carbocycles. The van der Waals surface area contributed by atoms with E-state index in [1.807, 2.05) is 0 Å². The molecule has 1 aliphatic rings. The summed E-state index contributed by atoms with van der Waals surface area (Å²) in [4.78, 5) is 12.7. The van der Waals surface area contributed by atoms with Gasteiger partial charge in [-0.2, -0.15) is 0 Å². The SMILES string of the molecule is O=C(NCC1CNCCO1)c1cc2ccc(F)cc2s1. The van der Waals surface area contributed by atoms with E-state index in [1.165, 1.54) is 23.5 Å². The van der Waals surface area contributed by atoms with Crippen LogP contribution in [0.5, 0.6) is 0 Å². The summed E-state index contributed by atoms with van der Waals surface area (Å²) in [6.45, 7) is 2.75. The largest absolute Gasteiger partial charge is 0.374 e. The van der Waals surface area contributed by atoms with E-state index >= 15 is 0 Å². The number of hydrogen-bond acceptors (Lipinski definition) is 4. The van der Waals surface area contributed by atoms with Gasteiger partial charge in [0.2, 0.25) is 0 Å². The average Bonchev–Trinajstić information content (AvgIpc) is 2.89. The third-order valence-corrected chi connectivity index (χ3v) is 4.30. The van der Waals surface area contributed by atoms with Gasteiger partial charge in [-0.05, 0) is 23.6 Å². The molecule has 1 aromatic heterocycles. The number of ether oxygens (including phenoxy) is 1. The molecule has 6 heteroatoms. The minimum absolute atomic E-state index is 0.0134. The molecule has 0 spiro atoms. The Balaban J connectivity index is 1.65. The second-order valence-corrected chi connectivity index (χ2v) is 5.78. The summed E-state index contributed by atoms with van der Waals surface area (Å²) in [5, 5.41) is 6.95. The van der Waals surface area contributed by atoms with Crippen LogP contribution in [0, 0.1) is 5.82 Å². The lowest BCUT2D eigenvalue weighted by molar-refractivity contribution is 0.0287. The zero-order chi connectivity index (χ0) is 13.9. The van der Waals surface area contributed by atoms with Crippen molar-refractivity contribution in [3.8, 4) is 0 Å². The first-order chi connectivity index (χ1) is 9.72. The fourth-order valence-corrected chi connectivity index (χ4v) is 3.17. The second kappa shape index (κ2) is 5.87. The summed E-state index contributed by atoms with van der Waals surface area (Å²) < 4.78 is 19.4. The number of thiophene rings is 1. The van der Waals surface area contributed by atoms with Crippen LogP contribution in [0.15, 0.2) is 24.3 Å². The maximum atomic E-state index is 13.1. The first-order valence-corrected chi connectivity index (χ1v) is 7.33. The Morgan fingerprint density at radius 2 is 2.40 bits per heavy atom. The Hall–Kier alpha value is -1.50. The van der Waals surface area contributed by atoms with Gasteiger partial charge in [0.1, 0.15) is 5.82 Å². The topological polar surface area (TPSA) is 50.4 Å². The molecule has 1 atom stereocenters. The zero-order valence-corrected chi connectivity index (χ0v) is 11.6. The number of carbonyl (C=O) groups excluding carboxylic acids is 1. The summed E-state index contributed by atoms with van der Waals surface area (Å²) in [7, 11) is 0. The molecule has 4 nitrogen and oxygen atoms in total. The minimum atomic E-state index is -0.284. The van der Waals surface area contributed by atoms with Gasteiger partial charge in [0.15, 0.2) is 0 Å². The lowest BCUT2D eigenvalue weighted by atomic mass is 10.2. The van der Waals surface area contributed by atoms with Crippen molar-refractivity contribution in [3.63, 3.8) is 0 Å². The zero-order valence-electron chi connectivity index (χ0n) is 10.8. The van der Waals surface area contributed by atoms with E-state index < -0.39 is 0 Å². The molecular weight excluding hydrogens is 279 g/mol. The Morgan fingerprint density at radius 3 is 3.20 bits per heavy atom. The highest BCUT2D eigenvalue weighted by molar-refractivity contribution is 7.20. The van der Waals surface area contributed by atoms with Crippen LogP contribution in [0.1, 0.15) is 9.67 Å². The van der Waals surface area contributed by atoms with Gasteiger partial charge in [0.05, 0.1) is 17.6 Å². The van der Waals surface area contributed by atoms with Crippen molar-refractivity contribution >= 4 is 27.3 Å². The molecule has 0 aliphatic carbocycles. The van der Waals surface area contributed by atoms with Gasteiger partial charge in [-0.25, -0.2) is 4.39 Å². The van der Waals surface area contributed by atoms with Crippen molar-refractivity contribution in [2.24, 2.45) is 0 Å². The molecular formula is C14H15FN2O2S. The quantitative estimate of drug-likeness (QED) is 0.907. The van der Waals surface area contributed by atoms with Crippen LogP contribution in [0.25, 0.3) is 10.1 Å². The Labute approximate surface area is 119 Å². The lowest BCUT2D eigenvalue weighted by Gasteiger charge is -2.23. The molecule has 0 radical (unpaired) electrons. The number of rotatable bonds is 3. The van der Waals surface area contributed by atoms with Crippen LogP contribution in [0.3, 0.4) is 0 Å². The molecule has 1 fully saturated rings. The first kappa shape index (κ1) is 13.5. The summed E-state index contributed by atoms with van der Waals surface area (Å²) in [6.07, 6.45) is 0.0134. The number of morpholine rings is 1. The molecule has 2 heterocycles. The number of amides is 1. The number of carbonyl (C=O) groups is 1. The Kier molecular flexibility index (Phi) is 3.95. The molecule has 1 amide bonds. The van der Waals surface area contributed by atoms with Crippen LogP contribution < -0.4 is 10.6 Å². The maximum Gasteiger partial charge on any atom is 0.261 e. The average molecular weight is 294 g/mol. The molecule has 1 unspecified atom stereocenters. The maximum absolute atomic E-state index is 13.1. The molecule has 3 rings (SSSR count). The molecule has 1 aliphatic heterocycles. The van der Waals surface area contributed by atoms with Gasteiger partial charge >= 0.3 is 0 Å². The fourth-order valence-electron chi connectivity index (χ4n) is 2.16. The number of hydrogen-bond donors (Lipinski definition) is 2. The lowest BCUT2D eigenvalue weighted by Crippen LogP contribution is -2.45. The third-order valence-electron chi connectivity index (χ3n) is 3.20. The number of halogens is 1. The molecule has 106 valence electrons. The normalized spacial score (nSPS) is 19.1. The van der Waals surface area contributed by atoms with E-state index in [1.54, 1.807) is 12.1 Å². The predicted molar refractivity (Wildman–Crippen MR) is 76.7 cm³/mol. The van der Waals surface area contributed by atoms with Gasteiger partial charge in [0, 0.05) is 24.3 Å². The Morgan fingerprint density at radius 1 is 1.50 bits per heavy atom. The van der Waals surface area contributed by atoms with Crippen molar-refractivity contribution in [3.05, 3.63) is 35.0 Å². The molecule has 20 heavy (non-hydrogen) atoms. The predicted octanol–water partition coefficient (Wildman–Crippen LogP) is 1.76. The molecule has 2 N–H and O–H groups in total. The van der Waals surface area contributed by atoms with Crippen LogP contribution in [-0.2, 0) is 4.74 Å². The summed E-state index contributed by atoms with van der Waals surface area (Å²) >= 11 is 1.30.